The molecule has 0 saturated heterocycles. The number of nitrogens with zero attached hydrogens (tertiary/aromatic N) is 2. The van der Waals surface area contributed by atoms with Gasteiger partial charge in [0.2, 0.25) is 0 Å². The summed E-state index contributed by atoms with van der Waals surface area (Å²) < 4.78 is 0. The molecule has 0 fully saturated rings. The van der Waals surface area contributed by atoms with E-state index < -0.39 is 0 Å². The van der Waals surface area contributed by atoms with E-state index in [1.807, 2.05) is 0 Å². The van der Waals surface area contributed by atoms with Crippen molar-refractivity contribution in [1.29, 1.82) is 0 Å². The standard InChI is InChI=1S/C52H48N2/c1-37-28-38(2)31-49(30-37)53(47-24-20-44(21-25-47)41-14-8-5-9-15-41)51-34-46(43-18-12-7-13-19-43)35-52(36-51)54(50-32-39(3)29-40(4)33-50)48-26-22-45(23-27-48)42-16-10-6-11-17-42/h5-32,34-35,50,52H,33,36H2,1-4H3/t50-,52+/m0/s1. The van der Waals surface area contributed by atoms with Crippen LogP contribution in [0.4, 0.5) is 17.1 Å². The molecular weight excluding hydrogens is 653 g/mol. The molecule has 0 spiro atoms. The number of hydrogen-bond donors (Lipinski definition) is 0. The highest BCUT2D eigenvalue weighted by atomic mass is 15.2. The van der Waals surface area contributed by atoms with Crippen LogP contribution in [0.5, 0.6) is 0 Å². The Kier molecular flexibility index (Phi) is 10.0. The SMILES string of the molecule is CC1=C[C@H](N(c2ccc(-c3ccccc3)cc2)[C@@H]2C=C(c3ccccc3)C=C(N(c3ccc(-c4ccccc4)cc3)c3cc(C)cc(C)c3)C2)CC(C)=C1. The van der Waals surface area contributed by atoms with Crippen molar-refractivity contribution >= 4 is 22.6 Å². The Morgan fingerprint density at radius 2 is 0.907 bits per heavy atom. The second kappa shape index (κ2) is 15.5. The largest absolute Gasteiger partial charge is 0.358 e. The lowest BCUT2D eigenvalue weighted by molar-refractivity contribution is 0.593. The molecule has 0 unspecified atom stereocenters. The molecule has 2 aliphatic carbocycles. The smallest absolute Gasteiger partial charge is 0.0543 e. The van der Waals surface area contributed by atoms with Gasteiger partial charge >= 0.3 is 0 Å². The van der Waals surface area contributed by atoms with Crippen LogP contribution in [0.15, 0.2) is 199 Å². The molecule has 6 aromatic rings. The van der Waals surface area contributed by atoms with Crippen molar-refractivity contribution in [2.75, 3.05) is 9.80 Å². The lowest BCUT2D eigenvalue weighted by atomic mass is 9.89. The minimum absolute atomic E-state index is 0.0970. The fraction of sp³-hybridized carbons (Fsp3) is 0.154. The zero-order valence-electron chi connectivity index (χ0n) is 31.8. The number of hydrogen-bond acceptors (Lipinski definition) is 2. The molecule has 0 aromatic heterocycles. The monoisotopic (exact) mass is 700 g/mol. The number of rotatable bonds is 9. The molecule has 2 aliphatic rings. The zero-order chi connectivity index (χ0) is 37.0. The van der Waals surface area contributed by atoms with Gasteiger partial charge in [0.1, 0.15) is 0 Å². The molecule has 54 heavy (non-hydrogen) atoms. The van der Waals surface area contributed by atoms with Crippen LogP contribution in [0.3, 0.4) is 0 Å². The lowest BCUT2D eigenvalue weighted by Gasteiger charge is -2.42. The first-order chi connectivity index (χ1) is 26.4. The van der Waals surface area contributed by atoms with Crippen molar-refractivity contribution in [1.82, 2.24) is 0 Å². The van der Waals surface area contributed by atoms with E-state index in [2.05, 4.69) is 220 Å². The highest BCUT2D eigenvalue weighted by Crippen LogP contribution is 2.41. The molecule has 6 aromatic carbocycles. The number of allylic oxidation sites excluding steroid dienone is 4. The first kappa shape index (κ1) is 34.9. The van der Waals surface area contributed by atoms with E-state index in [1.54, 1.807) is 0 Å². The summed E-state index contributed by atoms with van der Waals surface area (Å²) >= 11 is 0. The molecule has 2 atom stereocenters. The highest BCUT2D eigenvalue weighted by molar-refractivity contribution is 5.82. The van der Waals surface area contributed by atoms with Gasteiger partial charge < -0.3 is 9.80 Å². The third kappa shape index (κ3) is 7.65. The molecule has 0 radical (unpaired) electrons. The predicted octanol–water partition coefficient (Wildman–Crippen LogP) is 13.7. The second-order valence-electron chi connectivity index (χ2n) is 15.0. The fourth-order valence-corrected chi connectivity index (χ4v) is 8.36. The molecule has 0 heterocycles. The van der Waals surface area contributed by atoms with E-state index in [9.17, 15) is 0 Å². The van der Waals surface area contributed by atoms with Crippen LogP contribution in [0.1, 0.15) is 43.4 Å². The van der Waals surface area contributed by atoms with Gasteiger partial charge in [-0.15, -0.1) is 0 Å². The zero-order valence-corrected chi connectivity index (χ0v) is 31.8. The minimum Gasteiger partial charge on any atom is -0.358 e. The maximum Gasteiger partial charge on any atom is 0.0543 e. The fourth-order valence-electron chi connectivity index (χ4n) is 8.36. The molecular formula is C52H48N2. The van der Waals surface area contributed by atoms with Gasteiger partial charge in [-0.2, -0.15) is 0 Å². The highest BCUT2D eigenvalue weighted by Gasteiger charge is 2.31. The van der Waals surface area contributed by atoms with Crippen LogP contribution in [0.2, 0.25) is 0 Å². The molecule has 2 heteroatoms. The number of aryl methyl sites for hydroxylation is 2. The molecule has 0 saturated carbocycles. The average molecular weight is 701 g/mol. The molecule has 0 bridgehead atoms. The topological polar surface area (TPSA) is 6.48 Å². The Morgan fingerprint density at radius 3 is 1.44 bits per heavy atom. The quantitative estimate of drug-likeness (QED) is 0.148. The predicted molar refractivity (Wildman–Crippen MR) is 231 cm³/mol. The summed E-state index contributed by atoms with van der Waals surface area (Å²) in [5.41, 5.74) is 17.5. The van der Waals surface area contributed by atoms with Gasteiger partial charge in [-0.25, -0.2) is 0 Å². The third-order valence-corrected chi connectivity index (χ3v) is 10.7. The summed E-state index contributed by atoms with van der Waals surface area (Å²) in [6, 6.07) is 57.8. The van der Waals surface area contributed by atoms with Gasteiger partial charge in [0, 0.05) is 29.2 Å². The first-order valence-corrected chi connectivity index (χ1v) is 19.2. The molecule has 0 amide bonds. The Morgan fingerprint density at radius 1 is 0.426 bits per heavy atom. The second-order valence-corrected chi connectivity index (χ2v) is 15.0. The van der Waals surface area contributed by atoms with E-state index in [-0.39, 0.29) is 12.1 Å². The molecule has 8 rings (SSSR count). The summed E-state index contributed by atoms with van der Waals surface area (Å²) in [5.74, 6) is 0. The van der Waals surface area contributed by atoms with Crippen molar-refractivity contribution in [3.8, 4) is 22.3 Å². The van der Waals surface area contributed by atoms with Gasteiger partial charge in [0.15, 0.2) is 0 Å². The van der Waals surface area contributed by atoms with Crippen molar-refractivity contribution in [3.05, 3.63) is 216 Å². The van der Waals surface area contributed by atoms with Gasteiger partial charge in [0.05, 0.1) is 12.1 Å². The van der Waals surface area contributed by atoms with Crippen LogP contribution in [-0.2, 0) is 0 Å². The first-order valence-electron chi connectivity index (χ1n) is 19.2. The van der Waals surface area contributed by atoms with Gasteiger partial charge in [-0.1, -0.05) is 151 Å². The molecule has 2 nitrogen and oxygen atoms in total. The molecule has 0 N–H and O–H groups in total. The Labute approximate surface area is 321 Å². The van der Waals surface area contributed by atoms with Gasteiger partial charge in [-0.3, -0.25) is 0 Å². The van der Waals surface area contributed by atoms with E-state index in [0.717, 1.165) is 18.5 Å². The van der Waals surface area contributed by atoms with Crippen molar-refractivity contribution in [3.63, 3.8) is 0 Å². The van der Waals surface area contributed by atoms with Crippen LogP contribution in [-0.4, -0.2) is 12.1 Å². The maximum absolute atomic E-state index is 2.68. The Bertz CT molecular complexity index is 2330. The summed E-state index contributed by atoms with van der Waals surface area (Å²) in [7, 11) is 0. The minimum atomic E-state index is 0.0970. The molecule has 0 aliphatic heterocycles. The lowest BCUT2D eigenvalue weighted by Crippen LogP contribution is -2.44. The van der Waals surface area contributed by atoms with Crippen LogP contribution < -0.4 is 9.80 Å². The van der Waals surface area contributed by atoms with Crippen LogP contribution in [0, 0.1) is 13.8 Å². The van der Waals surface area contributed by atoms with E-state index in [4.69, 9.17) is 0 Å². The summed E-state index contributed by atoms with van der Waals surface area (Å²) in [5, 5.41) is 0. The van der Waals surface area contributed by atoms with E-state index >= 15 is 0 Å². The average Bonchev–Trinajstić information content (AvgIpc) is 3.19. The number of benzene rings is 6. The summed E-state index contributed by atoms with van der Waals surface area (Å²) in [6.07, 6.45) is 11.6. The van der Waals surface area contributed by atoms with Crippen LogP contribution >= 0.6 is 0 Å². The summed E-state index contributed by atoms with van der Waals surface area (Å²) in [6.45, 7) is 8.92. The third-order valence-electron chi connectivity index (χ3n) is 10.7. The van der Waals surface area contributed by atoms with Crippen molar-refractivity contribution in [2.45, 2.75) is 52.6 Å². The van der Waals surface area contributed by atoms with Gasteiger partial charge in [-0.05, 0) is 121 Å². The normalized spacial score (nSPS) is 16.8. The van der Waals surface area contributed by atoms with Crippen molar-refractivity contribution < 1.29 is 0 Å². The molecule has 266 valence electrons. The maximum atomic E-state index is 2.68. The van der Waals surface area contributed by atoms with E-state index in [1.165, 1.54) is 72.7 Å². The van der Waals surface area contributed by atoms with Crippen molar-refractivity contribution in [2.24, 2.45) is 0 Å². The number of anilines is 3. The van der Waals surface area contributed by atoms with Gasteiger partial charge in [0.25, 0.3) is 0 Å². The van der Waals surface area contributed by atoms with E-state index in [0.29, 0.717) is 0 Å². The Balaban J connectivity index is 1.27. The van der Waals surface area contributed by atoms with Crippen LogP contribution in [0.25, 0.3) is 27.8 Å². The Hall–Kier alpha value is -6.12. The summed E-state index contributed by atoms with van der Waals surface area (Å²) in [4.78, 5) is 5.18.